The van der Waals surface area contributed by atoms with Crippen LogP contribution in [0.1, 0.15) is 23.1 Å². The van der Waals surface area contributed by atoms with Crippen LogP contribution in [0.25, 0.3) is 11.1 Å². The lowest BCUT2D eigenvalue weighted by Crippen LogP contribution is -2.11. The number of thiol groups is 1. The molecule has 0 spiro atoms. The van der Waals surface area contributed by atoms with Gasteiger partial charge in [0.25, 0.3) is 0 Å². The van der Waals surface area contributed by atoms with Gasteiger partial charge in [0.1, 0.15) is 5.84 Å². The Morgan fingerprint density at radius 3 is 2.48 bits per heavy atom. The van der Waals surface area contributed by atoms with Crippen molar-refractivity contribution in [1.82, 2.24) is 0 Å². The molecule has 0 saturated heterocycles. The van der Waals surface area contributed by atoms with E-state index in [-0.39, 0.29) is 5.84 Å². The van der Waals surface area contributed by atoms with Crippen LogP contribution in [0, 0.1) is 11.8 Å². The first-order valence-corrected chi connectivity index (χ1v) is 10.5. The highest BCUT2D eigenvalue weighted by Crippen LogP contribution is 2.29. The van der Waals surface area contributed by atoms with Gasteiger partial charge in [-0.1, -0.05) is 60.7 Å². The molecule has 1 radical (unpaired) electrons. The van der Waals surface area contributed by atoms with Crippen LogP contribution in [0.15, 0.2) is 72.8 Å². The Hall–Kier alpha value is -3.12. The second kappa shape index (κ2) is 9.89. The van der Waals surface area contributed by atoms with Crippen molar-refractivity contribution >= 4 is 22.4 Å². The summed E-state index contributed by atoms with van der Waals surface area (Å²) in [6.07, 6.45) is 4.65. The summed E-state index contributed by atoms with van der Waals surface area (Å²) in [6, 6.07) is 23.3. The average Bonchev–Trinajstić information content (AvgIpc) is 2.72. The molecule has 0 aliphatic carbocycles. The summed E-state index contributed by atoms with van der Waals surface area (Å²) < 4.78 is 25.1. The highest BCUT2D eigenvalue weighted by atomic mass is 32.2. The Kier molecular flexibility index (Phi) is 7.03. The van der Waals surface area contributed by atoms with Crippen LogP contribution in [0.5, 0.6) is 0 Å². The molecule has 0 aliphatic rings. The van der Waals surface area contributed by atoms with Crippen LogP contribution in [-0.4, -0.2) is 14.3 Å². The van der Waals surface area contributed by atoms with Crippen molar-refractivity contribution in [2.45, 2.75) is 19.3 Å². The van der Waals surface area contributed by atoms with E-state index >= 15 is 0 Å². The number of aryl methyl sites for hydroxylation is 1. The Morgan fingerprint density at radius 2 is 1.76 bits per heavy atom. The average molecular weight is 407 g/mol. The van der Waals surface area contributed by atoms with Crippen LogP contribution < -0.4 is 10.5 Å². The first kappa shape index (κ1) is 20.6. The van der Waals surface area contributed by atoms with E-state index in [0.29, 0.717) is 5.69 Å². The zero-order valence-corrected chi connectivity index (χ0v) is 16.9. The fraction of sp³-hybridized carbons (Fsp3) is 0.130. The van der Waals surface area contributed by atoms with Gasteiger partial charge in [-0.15, -0.1) is 0 Å². The number of hydrogen-bond acceptors (Lipinski definition) is 3. The van der Waals surface area contributed by atoms with Crippen molar-refractivity contribution in [3.63, 3.8) is 0 Å². The molecular weight excluding hydrogens is 382 g/mol. The molecular formula is C23H24N3O2S. The van der Waals surface area contributed by atoms with E-state index < -0.39 is 10.9 Å². The molecule has 5 nitrogen and oxygen atoms in total. The Bertz CT molecular complexity index is 1050. The molecule has 0 unspecified atom stereocenters. The van der Waals surface area contributed by atoms with Crippen molar-refractivity contribution in [3.8, 4) is 11.1 Å². The first-order valence-electron chi connectivity index (χ1n) is 9.37. The topological polar surface area (TPSA) is 96.0 Å². The predicted octanol–water partition coefficient (Wildman–Crippen LogP) is 3.96. The molecule has 6 heteroatoms. The summed E-state index contributed by atoms with van der Waals surface area (Å²) >= 11 is 0. The van der Waals surface area contributed by atoms with Crippen LogP contribution >= 0.6 is 0 Å². The summed E-state index contributed by atoms with van der Waals surface area (Å²) in [5.41, 5.74) is 10.9. The Morgan fingerprint density at radius 1 is 0.966 bits per heavy atom. The van der Waals surface area contributed by atoms with Crippen molar-refractivity contribution in [1.29, 1.82) is 5.41 Å². The number of unbranched alkanes of at least 4 members (excludes halogenated alkanes) is 1. The van der Waals surface area contributed by atoms with Crippen LogP contribution in [0.4, 0.5) is 5.69 Å². The molecule has 0 saturated carbocycles. The van der Waals surface area contributed by atoms with E-state index in [0.717, 1.165) is 47.1 Å². The quantitative estimate of drug-likeness (QED) is 0.187. The molecule has 0 heterocycles. The van der Waals surface area contributed by atoms with Gasteiger partial charge < -0.3 is 5.73 Å². The van der Waals surface area contributed by atoms with E-state index in [2.05, 4.69) is 11.1 Å². The zero-order chi connectivity index (χ0) is 20.6. The lowest BCUT2D eigenvalue weighted by atomic mass is 9.98. The lowest BCUT2D eigenvalue weighted by Gasteiger charge is -2.11. The molecule has 0 aromatic heterocycles. The van der Waals surface area contributed by atoms with Gasteiger partial charge in [0.15, 0.2) is 0 Å². The molecule has 29 heavy (non-hydrogen) atoms. The van der Waals surface area contributed by atoms with Gasteiger partial charge in [0, 0.05) is 11.1 Å². The van der Waals surface area contributed by atoms with Gasteiger partial charge >= 0.3 is 0 Å². The minimum Gasteiger partial charge on any atom is -0.384 e. The first-order chi connectivity index (χ1) is 14.0. The molecule has 149 valence electrons. The fourth-order valence-electron chi connectivity index (χ4n) is 3.21. The van der Waals surface area contributed by atoms with E-state index in [4.69, 9.17) is 11.1 Å². The van der Waals surface area contributed by atoms with E-state index in [1.807, 2.05) is 72.8 Å². The van der Waals surface area contributed by atoms with Gasteiger partial charge in [-0.05, 0) is 54.5 Å². The number of hydrogen-bond donors (Lipinski definition) is 4. The zero-order valence-electron chi connectivity index (χ0n) is 16.0. The molecule has 0 fully saturated rings. The van der Waals surface area contributed by atoms with Gasteiger partial charge in [-0.3, -0.25) is 10.1 Å². The summed E-state index contributed by atoms with van der Waals surface area (Å²) in [6.45, 7) is 0. The Balaban J connectivity index is 1.65. The maximum absolute atomic E-state index is 11.3. The van der Waals surface area contributed by atoms with Gasteiger partial charge in [-0.25, -0.2) is 8.42 Å². The minimum absolute atomic E-state index is 0.0714. The monoisotopic (exact) mass is 406 g/mol. The third-order valence-electron chi connectivity index (χ3n) is 4.64. The standard InChI is InChI=1S/C23H24N3O2S/c24-23(25)20-12-6-9-17(15-20)7-4-5-8-18-13-14-21(19-10-2-1-3-11-19)22(16-18)26-29(27)28/h1-4,6,9-16,29H,5,7-8H2,(H3,24,25)(H,26,27,28). The number of rotatable bonds is 9. The van der Waals surface area contributed by atoms with E-state index in [9.17, 15) is 8.42 Å². The van der Waals surface area contributed by atoms with Crippen molar-refractivity contribution in [2.24, 2.45) is 5.73 Å². The molecule has 0 atom stereocenters. The number of anilines is 1. The van der Waals surface area contributed by atoms with Crippen molar-refractivity contribution < 1.29 is 8.42 Å². The largest absolute Gasteiger partial charge is 0.384 e. The fourth-order valence-corrected chi connectivity index (χ4v) is 3.59. The smallest absolute Gasteiger partial charge is 0.222 e. The maximum atomic E-state index is 11.3. The second-order valence-electron chi connectivity index (χ2n) is 6.76. The van der Waals surface area contributed by atoms with Crippen LogP contribution in [-0.2, 0) is 23.7 Å². The van der Waals surface area contributed by atoms with Crippen molar-refractivity contribution in [2.75, 3.05) is 4.72 Å². The number of nitrogens with two attached hydrogens (primary N) is 1. The summed E-state index contributed by atoms with van der Waals surface area (Å²) in [5, 5.41) is 7.52. The van der Waals surface area contributed by atoms with Gasteiger partial charge in [0.05, 0.1) is 5.69 Å². The predicted molar refractivity (Wildman–Crippen MR) is 120 cm³/mol. The molecule has 0 aliphatic heterocycles. The lowest BCUT2D eigenvalue weighted by molar-refractivity contribution is 0.619. The van der Waals surface area contributed by atoms with Gasteiger partial charge in [0.2, 0.25) is 10.9 Å². The normalized spacial score (nSPS) is 10.8. The highest BCUT2D eigenvalue weighted by Gasteiger charge is 2.07. The maximum Gasteiger partial charge on any atom is 0.222 e. The summed E-state index contributed by atoms with van der Waals surface area (Å²) in [7, 11) is -2.74. The summed E-state index contributed by atoms with van der Waals surface area (Å²) in [5.74, 6) is 0.0714. The molecule has 0 bridgehead atoms. The number of amidine groups is 1. The SMILES string of the molecule is N=C(N)c1cccc(C[CH]CCc2ccc(-c3ccccc3)c(N[SH](=O)=O)c2)c1. The van der Waals surface area contributed by atoms with Crippen LogP contribution in [0.2, 0.25) is 0 Å². The third kappa shape index (κ3) is 5.93. The van der Waals surface area contributed by atoms with Crippen LogP contribution in [0.3, 0.4) is 0 Å². The minimum atomic E-state index is -2.74. The molecule has 3 aromatic carbocycles. The number of benzene rings is 3. The molecule has 3 aromatic rings. The number of nitrogen functional groups attached to an aromatic ring is 1. The van der Waals surface area contributed by atoms with Crippen molar-refractivity contribution in [3.05, 3.63) is 95.9 Å². The number of nitrogens with one attached hydrogen (secondary N) is 2. The molecule has 0 amide bonds. The highest BCUT2D eigenvalue weighted by molar-refractivity contribution is 7.73. The second-order valence-corrected chi connectivity index (χ2v) is 7.50. The van der Waals surface area contributed by atoms with Gasteiger partial charge in [-0.2, -0.15) is 0 Å². The Labute approximate surface area is 173 Å². The summed E-state index contributed by atoms with van der Waals surface area (Å²) in [4.78, 5) is 0. The molecule has 4 N–H and O–H groups in total. The third-order valence-corrected chi connectivity index (χ3v) is 5.06. The van der Waals surface area contributed by atoms with E-state index in [1.165, 1.54) is 0 Å². The van der Waals surface area contributed by atoms with E-state index in [1.54, 1.807) is 0 Å². The molecule has 3 rings (SSSR count).